The monoisotopic (exact) mass is 194 g/mol. The molecule has 0 saturated carbocycles. The van der Waals surface area contributed by atoms with E-state index in [2.05, 4.69) is 25.6 Å². The minimum absolute atomic E-state index is 0.349. The first kappa shape index (κ1) is 9.55. The molecule has 0 saturated heterocycles. The third-order valence-corrected chi connectivity index (χ3v) is 3.25. The minimum Gasteiger partial charge on any atom is -0.165 e. The summed E-state index contributed by atoms with van der Waals surface area (Å²) in [5.41, 5.74) is 3.59. The molecule has 0 aliphatic heterocycles. The second kappa shape index (κ2) is 3.92. The number of hydrogen-bond donors (Lipinski definition) is 0. The van der Waals surface area contributed by atoms with Gasteiger partial charge in [-0.3, -0.25) is 0 Å². The lowest BCUT2D eigenvalue weighted by Crippen LogP contribution is -2.14. The van der Waals surface area contributed by atoms with E-state index in [4.69, 9.17) is 11.1 Å². The molecule has 12 heavy (non-hydrogen) atoms. The van der Waals surface area contributed by atoms with Crippen LogP contribution in [0.25, 0.3) is 5.57 Å². The van der Waals surface area contributed by atoms with E-state index in [9.17, 15) is 0 Å². The van der Waals surface area contributed by atoms with Gasteiger partial charge in [-0.1, -0.05) is 30.4 Å². The Balaban J connectivity index is 3.23. The van der Waals surface area contributed by atoms with E-state index in [0.717, 1.165) is 5.57 Å². The number of allylic oxidation sites excluding steroid dienone is 1. The normalized spacial score (nSPS) is 9.92. The van der Waals surface area contributed by atoms with Crippen molar-refractivity contribution in [3.05, 3.63) is 35.9 Å². The van der Waals surface area contributed by atoms with Crippen LogP contribution in [0.15, 0.2) is 24.8 Å². The lowest BCUT2D eigenvalue weighted by Gasteiger charge is -2.07. The average Bonchev–Trinajstić information content (AvgIpc) is 2.04. The molecule has 0 spiro atoms. The van der Waals surface area contributed by atoms with Crippen LogP contribution in [-0.4, -0.2) is 8.83 Å². The summed E-state index contributed by atoms with van der Waals surface area (Å²) in [6.07, 6.45) is 0. The van der Waals surface area contributed by atoms with E-state index in [1.807, 2.05) is 13.0 Å². The van der Waals surface area contributed by atoms with Crippen molar-refractivity contribution in [1.82, 2.24) is 0 Å². The van der Waals surface area contributed by atoms with Gasteiger partial charge in [0.15, 0.2) is 0 Å². The molecule has 0 atom stereocenters. The minimum atomic E-state index is 0.349. The Morgan fingerprint density at radius 2 is 2.17 bits per heavy atom. The van der Waals surface area contributed by atoms with Crippen LogP contribution in [0.4, 0.5) is 0 Å². The zero-order chi connectivity index (χ0) is 9.14. The van der Waals surface area contributed by atoms with Gasteiger partial charge in [0.1, 0.15) is 0 Å². The van der Waals surface area contributed by atoms with E-state index >= 15 is 0 Å². The van der Waals surface area contributed by atoms with Crippen molar-refractivity contribution in [1.29, 1.82) is 0 Å². The van der Waals surface area contributed by atoms with E-state index in [1.54, 1.807) is 0 Å². The number of halogens is 1. The fraction of sp³-hybridized carbons (Fsp3) is 0.200. The molecule has 2 heteroatoms. The molecule has 0 aliphatic rings. The van der Waals surface area contributed by atoms with Crippen LogP contribution in [0.2, 0.25) is 0 Å². The highest BCUT2D eigenvalue weighted by molar-refractivity contribution is 7.01. The third-order valence-electron chi connectivity index (χ3n) is 1.90. The highest BCUT2D eigenvalue weighted by Gasteiger charge is 2.03. The quantitative estimate of drug-likeness (QED) is 0.502. The molecule has 1 aromatic rings. The number of rotatable bonds is 2. The second-order valence-electron chi connectivity index (χ2n) is 2.85. The lowest BCUT2D eigenvalue weighted by atomic mass is 10.0. The van der Waals surface area contributed by atoms with Gasteiger partial charge in [0.25, 0.3) is 0 Å². The van der Waals surface area contributed by atoms with Gasteiger partial charge in [-0.05, 0) is 30.2 Å². The molecule has 1 rings (SSSR count). The summed E-state index contributed by atoms with van der Waals surface area (Å²) in [6, 6.07) is 6.17. The average molecular weight is 195 g/mol. The molecule has 0 fully saturated rings. The third kappa shape index (κ3) is 1.79. The van der Waals surface area contributed by atoms with Crippen molar-refractivity contribution in [3.8, 4) is 0 Å². The van der Waals surface area contributed by atoms with Crippen molar-refractivity contribution in [2.75, 3.05) is 0 Å². The Kier molecular flexibility index (Phi) is 3.12. The Morgan fingerprint density at radius 3 is 2.67 bits per heavy atom. The van der Waals surface area contributed by atoms with Gasteiger partial charge in [0, 0.05) is 0 Å². The molecule has 0 aliphatic carbocycles. The number of benzene rings is 1. The highest BCUT2D eigenvalue weighted by Crippen LogP contribution is 2.14. The predicted molar refractivity (Wildman–Crippen MR) is 57.1 cm³/mol. The van der Waals surface area contributed by atoms with Crippen LogP contribution in [0.1, 0.15) is 18.1 Å². The smallest absolute Gasteiger partial charge is 0.165 e. The van der Waals surface area contributed by atoms with Crippen molar-refractivity contribution in [2.45, 2.75) is 13.8 Å². The van der Waals surface area contributed by atoms with Crippen molar-refractivity contribution >= 4 is 30.7 Å². The molecule has 0 amide bonds. The SMILES string of the molecule is C=C(C)c1cccc([Si]Cl)c1C. The maximum Gasteiger partial charge on any atom is 0.210 e. The van der Waals surface area contributed by atoms with Gasteiger partial charge in [0.2, 0.25) is 8.83 Å². The van der Waals surface area contributed by atoms with Crippen molar-refractivity contribution in [2.24, 2.45) is 0 Å². The van der Waals surface area contributed by atoms with Gasteiger partial charge >= 0.3 is 0 Å². The van der Waals surface area contributed by atoms with E-state index in [1.165, 1.54) is 16.3 Å². The molecular weight excluding hydrogens is 184 g/mol. The van der Waals surface area contributed by atoms with Crippen LogP contribution < -0.4 is 5.19 Å². The highest BCUT2D eigenvalue weighted by atomic mass is 35.6. The van der Waals surface area contributed by atoms with Gasteiger partial charge in [-0.2, -0.15) is 11.1 Å². The number of hydrogen-bond acceptors (Lipinski definition) is 0. The molecule has 0 bridgehead atoms. The van der Waals surface area contributed by atoms with Crippen LogP contribution in [0.5, 0.6) is 0 Å². The molecular formula is C10H11ClSi. The van der Waals surface area contributed by atoms with Crippen LogP contribution >= 0.6 is 11.1 Å². The molecule has 0 unspecified atom stereocenters. The molecule has 0 N–H and O–H groups in total. The Hall–Kier alpha value is -0.533. The molecule has 62 valence electrons. The molecule has 0 nitrogen and oxygen atoms in total. The summed E-state index contributed by atoms with van der Waals surface area (Å²) in [5, 5.41) is 1.22. The van der Waals surface area contributed by atoms with Gasteiger partial charge < -0.3 is 0 Å². The molecule has 0 aromatic heterocycles. The largest absolute Gasteiger partial charge is 0.210 e. The van der Waals surface area contributed by atoms with E-state index < -0.39 is 0 Å². The van der Waals surface area contributed by atoms with Crippen LogP contribution in [-0.2, 0) is 0 Å². The van der Waals surface area contributed by atoms with Crippen molar-refractivity contribution < 1.29 is 0 Å². The fourth-order valence-corrected chi connectivity index (χ4v) is 2.25. The first-order chi connectivity index (χ1) is 5.66. The maximum atomic E-state index is 5.81. The summed E-state index contributed by atoms with van der Waals surface area (Å²) in [6.45, 7) is 8.03. The first-order valence-electron chi connectivity index (χ1n) is 3.79. The Labute approximate surface area is 80.8 Å². The Morgan fingerprint density at radius 1 is 1.50 bits per heavy atom. The zero-order valence-corrected chi connectivity index (χ0v) is 9.07. The summed E-state index contributed by atoms with van der Waals surface area (Å²) >= 11 is 5.81. The molecule has 1 aromatic carbocycles. The summed E-state index contributed by atoms with van der Waals surface area (Å²) in [7, 11) is 0.349. The lowest BCUT2D eigenvalue weighted by molar-refractivity contribution is 1.45. The predicted octanol–water partition coefficient (Wildman–Crippen LogP) is 2.51. The summed E-state index contributed by atoms with van der Waals surface area (Å²) < 4.78 is 0. The van der Waals surface area contributed by atoms with Gasteiger partial charge in [0.05, 0.1) is 0 Å². The Bertz CT molecular complexity index is 305. The van der Waals surface area contributed by atoms with Crippen LogP contribution in [0, 0.1) is 6.92 Å². The summed E-state index contributed by atoms with van der Waals surface area (Å²) in [5.74, 6) is 0. The topological polar surface area (TPSA) is 0 Å². The maximum absolute atomic E-state index is 5.81. The standard InChI is InChI=1S/C10H11ClSi/c1-7(2)9-5-4-6-10(12-11)8(9)3/h4-6H,1H2,2-3H3. The zero-order valence-electron chi connectivity index (χ0n) is 7.32. The van der Waals surface area contributed by atoms with Gasteiger partial charge in [-0.15, -0.1) is 0 Å². The fourth-order valence-electron chi connectivity index (χ4n) is 1.20. The van der Waals surface area contributed by atoms with Gasteiger partial charge in [-0.25, -0.2) is 0 Å². The van der Waals surface area contributed by atoms with Crippen molar-refractivity contribution in [3.63, 3.8) is 0 Å². The van der Waals surface area contributed by atoms with E-state index in [0.29, 0.717) is 8.83 Å². The molecule has 2 radical (unpaired) electrons. The first-order valence-corrected chi connectivity index (χ1v) is 5.80. The van der Waals surface area contributed by atoms with E-state index in [-0.39, 0.29) is 0 Å². The summed E-state index contributed by atoms with van der Waals surface area (Å²) in [4.78, 5) is 0. The second-order valence-corrected chi connectivity index (χ2v) is 4.15. The van der Waals surface area contributed by atoms with Crippen LogP contribution in [0.3, 0.4) is 0 Å². The molecule has 0 heterocycles.